The maximum absolute atomic E-state index is 12.3. The SMILES string of the molecule is CC(CS(C)(=O)=O)NC(=O)C1NCCc2ccccc21. The first kappa shape index (κ1) is 15.0. The van der Waals surface area contributed by atoms with Gasteiger partial charge in [0.2, 0.25) is 5.91 Å². The molecule has 6 heteroatoms. The average Bonchev–Trinajstić information content (AvgIpc) is 2.35. The van der Waals surface area contributed by atoms with Gasteiger partial charge in [0.15, 0.2) is 0 Å². The largest absolute Gasteiger partial charge is 0.351 e. The maximum atomic E-state index is 12.3. The molecule has 0 radical (unpaired) electrons. The van der Waals surface area contributed by atoms with Crippen molar-refractivity contribution in [3.05, 3.63) is 35.4 Å². The number of fused-ring (bicyclic) bond motifs is 1. The lowest BCUT2D eigenvalue weighted by atomic mass is 9.94. The summed E-state index contributed by atoms with van der Waals surface area (Å²) in [6.07, 6.45) is 2.07. The van der Waals surface area contributed by atoms with Crippen molar-refractivity contribution < 1.29 is 13.2 Å². The summed E-state index contributed by atoms with van der Waals surface area (Å²) in [7, 11) is -3.10. The van der Waals surface area contributed by atoms with Gasteiger partial charge < -0.3 is 10.6 Å². The predicted octanol–water partition coefficient (Wildman–Crippen LogP) is 0.423. The van der Waals surface area contributed by atoms with Crippen molar-refractivity contribution in [1.82, 2.24) is 10.6 Å². The van der Waals surface area contributed by atoms with Crippen LogP contribution in [0, 0.1) is 0 Å². The molecule has 1 aliphatic rings. The fraction of sp³-hybridized carbons (Fsp3) is 0.500. The van der Waals surface area contributed by atoms with Gasteiger partial charge in [-0.15, -0.1) is 0 Å². The molecule has 2 rings (SSSR count). The summed E-state index contributed by atoms with van der Waals surface area (Å²) in [6.45, 7) is 2.45. The molecule has 0 saturated heterocycles. The number of nitrogens with one attached hydrogen (secondary N) is 2. The first-order valence-corrected chi connectivity index (χ1v) is 8.72. The smallest absolute Gasteiger partial charge is 0.241 e. The van der Waals surface area contributed by atoms with E-state index in [9.17, 15) is 13.2 Å². The van der Waals surface area contributed by atoms with E-state index in [1.54, 1.807) is 6.92 Å². The monoisotopic (exact) mass is 296 g/mol. The molecule has 0 bridgehead atoms. The minimum Gasteiger partial charge on any atom is -0.351 e. The number of benzene rings is 1. The van der Waals surface area contributed by atoms with Crippen molar-refractivity contribution in [3.8, 4) is 0 Å². The summed E-state index contributed by atoms with van der Waals surface area (Å²) >= 11 is 0. The van der Waals surface area contributed by atoms with E-state index in [1.807, 2.05) is 24.3 Å². The lowest BCUT2D eigenvalue weighted by Gasteiger charge is -2.27. The van der Waals surface area contributed by atoms with E-state index in [2.05, 4.69) is 10.6 Å². The molecule has 1 aromatic rings. The number of rotatable bonds is 4. The van der Waals surface area contributed by atoms with Gasteiger partial charge in [0.1, 0.15) is 15.9 Å². The Hall–Kier alpha value is -1.40. The van der Waals surface area contributed by atoms with Crippen LogP contribution in [-0.2, 0) is 21.1 Å². The summed E-state index contributed by atoms with van der Waals surface area (Å²) in [5.41, 5.74) is 2.14. The number of carbonyl (C=O) groups is 1. The molecule has 110 valence electrons. The molecule has 5 nitrogen and oxygen atoms in total. The summed E-state index contributed by atoms with van der Waals surface area (Å²) in [5.74, 6) is -0.221. The normalized spacial score (nSPS) is 20.0. The van der Waals surface area contributed by atoms with Crippen molar-refractivity contribution >= 4 is 15.7 Å². The zero-order valence-electron chi connectivity index (χ0n) is 11.7. The maximum Gasteiger partial charge on any atom is 0.241 e. The molecular formula is C14H20N2O3S. The molecule has 0 fully saturated rings. The van der Waals surface area contributed by atoms with Crippen molar-refractivity contribution in [2.45, 2.75) is 25.4 Å². The Bertz CT molecular complexity index is 598. The minimum atomic E-state index is -3.10. The first-order chi connectivity index (χ1) is 9.37. The molecule has 2 unspecified atom stereocenters. The average molecular weight is 296 g/mol. The standard InChI is InChI=1S/C14H20N2O3S/c1-10(9-20(2,18)19)16-14(17)13-12-6-4-3-5-11(12)7-8-15-13/h3-6,10,13,15H,7-9H2,1-2H3,(H,16,17). The molecule has 2 atom stereocenters. The number of hydrogen-bond donors (Lipinski definition) is 2. The van der Waals surface area contributed by atoms with Gasteiger partial charge >= 0.3 is 0 Å². The van der Waals surface area contributed by atoms with E-state index in [1.165, 1.54) is 11.8 Å². The van der Waals surface area contributed by atoms with Crippen molar-refractivity contribution in [3.63, 3.8) is 0 Å². The van der Waals surface area contributed by atoms with Gasteiger partial charge in [-0.1, -0.05) is 24.3 Å². The van der Waals surface area contributed by atoms with Crippen LogP contribution in [-0.4, -0.2) is 38.9 Å². The third kappa shape index (κ3) is 3.80. The summed E-state index contributed by atoms with van der Waals surface area (Å²) in [5, 5.41) is 5.95. The Morgan fingerprint density at radius 1 is 1.45 bits per heavy atom. The molecule has 1 aliphatic heterocycles. The van der Waals surface area contributed by atoms with Crippen LogP contribution in [0.4, 0.5) is 0 Å². The number of amides is 1. The zero-order valence-corrected chi connectivity index (χ0v) is 12.5. The van der Waals surface area contributed by atoms with Gasteiger partial charge in [0, 0.05) is 18.8 Å². The van der Waals surface area contributed by atoms with E-state index in [0.29, 0.717) is 0 Å². The van der Waals surface area contributed by atoms with Crippen LogP contribution in [0.5, 0.6) is 0 Å². The number of sulfone groups is 1. The Morgan fingerprint density at radius 3 is 2.85 bits per heavy atom. The van der Waals surface area contributed by atoms with E-state index < -0.39 is 21.9 Å². The quantitative estimate of drug-likeness (QED) is 0.844. The third-order valence-electron chi connectivity index (χ3n) is 3.31. The van der Waals surface area contributed by atoms with E-state index >= 15 is 0 Å². The highest BCUT2D eigenvalue weighted by atomic mass is 32.2. The van der Waals surface area contributed by atoms with Gasteiger partial charge in [-0.3, -0.25) is 4.79 Å². The molecule has 0 saturated carbocycles. The van der Waals surface area contributed by atoms with Crippen LogP contribution in [0.25, 0.3) is 0 Å². The van der Waals surface area contributed by atoms with Crippen LogP contribution in [0.2, 0.25) is 0 Å². The zero-order chi connectivity index (χ0) is 14.8. The Balaban J connectivity index is 2.07. The van der Waals surface area contributed by atoms with Gasteiger partial charge in [0.05, 0.1) is 5.75 Å². The van der Waals surface area contributed by atoms with Gasteiger partial charge in [0.25, 0.3) is 0 Å². The highest BCUT2D eigenvalue weighted by molar-refractivity contribution is 7.90. The molecule has 2 N–H and O–H groups in total. The summed E-state index contributed by atoms with van der Waals surface area (Å²) < 4.78 is 22.5. The highest BCUT2D eigenvalue weighted by Gasteiger charge is 2.26. The number of hydrogen-bond acceptors (Lipinski definition) is 4. The molecule has 1 aromatic carbocycles. The Kier molecular flexibility index (Phi) is 4.45. The second-order valence-corrected chi connectivity index (χ2v) is 7.52. The fourth-order valence-corrected chi connectivity index (χ4v) is 3.55. The predicted molar refractivity (Wildman–Crippen MR) is 78.2 cm³/mol. The van der Waals surface area contributed by atoms with Crippen molar-refractivity contribution in [2.75, 3.05) is 18.6 Å². The van der Waals surface area contributed by atoms with Crippen LogP contribution >= 0.6 is 0 Å². The molecule has 0 aliphatic carbocycles. The lowest BCUT2D eigenvalue weighted by Crippen LogP contribution is -2.46. The van der Waals surface area contributed by atoms with Crippen molar-refractivity contribution in [1.29, 1.82) is 0 Å². The Labute approximate surface area is 119 Å². The molecule has 20 heavy (non-hydrogen) atoms. The summed E-state index contributed by atoms with van der Waals surface area (Å²) in [4.78, 5) is 12.3. The van der Waals surface area contributed by atoms with Crippen LogP contribution in [0.15, 0.2) is 24.3 Å². The molecule has 0 aromatic heterocycles. The van der Waals surface area contributed by atoms with Crippen LogP contribution in [0.1, 0.15) is 24.1 Å². The first-order valence-electron chi connectivity index (χ1n) is 6.66. The molecule has 0 spiro atoms. The second-order valence-electron chi connectivity index (χ2n) is 5.34. The van der Waals surface area contributed by atoms with Gasteiger partial charge in [-0.05, 0) is 24.5 Å². The van der Waals surface area contributed by atoms with E-state index in [-0.39, 0.29) is 11.7 Å². The molecule has 1 heterocycles. The Morgan fingerprint density at radius 2 is 2.15 bits per heavy atom. The van der Waals surface area contributed by atoms with Gasteiger partial charge in [-0.2, -0.15) is 0 Å². The van der Waals surface area contributed by atoms with Crippen LogP contribution in [0.3, 0.4) is 0 Å². The van der Waals surface area contributed by atoms with Crippen LogP contribution < -0.4 is 10.6 Å². The topological polar surface area (TPSA) is 75.3 Å². The molecular weight excluding hydrogens is 276 g/mol. The fourth-order valence-electron chi connectivity index (χ4n) is 2.56. The molecule has 1 amide bonds. The van der Waals surface area contributed by atoms with Crippen molar-refractivity contribution in [2.24, 2.45) is 0 Å². The minimum absolute atomic E-state index is 0.0485. The van der Waals surface area contributed by atoms with Gasteiger partial charge in [-0.25, -0.2) is 8.42 Å². The van der Waals surface area contributed by atoms with E-state index in [4.69, 9.17) is 0 Å². The lowest BCUT2D eigenvalue weighted by molar-refractivity contribution is -0.123. The second kappa shape index (κ2) is 5.93. The highest BCUT2D eigenvalue weighted by Crippen LogP contribution is 2.22. The van der Waals surface area contributed by atoms with E-state index in [0.717, 1.165) is 18.5 Å². The summed E-state index contributed by atoms with van der Waals surface area (Å²) in [6, 6.07) is 7.04. The third-order valence-corrected chi connectivity index (χ3v) is 4.42. The number of carbonyl (C=O) groups excluding carboxylic acids is 1.